The van der Waals surface area contributed by atoms with Crippen molar-refractivity contribution in [1.29, 1.82) is 0 Å². The van der Waals surface area contributed by atoms with Crippen LogP contribution in [0.5, 0.6) is 0 Å². The number of hydrogen-bond donors (Lipinski definition) is 3. The number of fused-ring (bicyclic) bond motifs is 2. The maximum Gasteiger partial charge on any atom is 0.289 e. The third-order valence-electron chi connectivity index (χ3n) is 2.31. The molecule has 2 heterocycles. The van der Waals surface area contributed by atoms with Gasteiger partial charge in [0.15, 0.2) is 0 Å². The monoisotopic (exact) mass is 232 g/mol. The Bertz CT molecular complexity index is 622. The highest BCUT2D eigenvalue weighted by molar-refractivity contribution is 7.99. The predicted octanol–water partition coefficient (Wildman–Crippen LogP) is 1.56. The van der Waals surface area contributed by atoms with Crippen molar-refractivity contribution >= 4 is 28.8 Å². The van der Waals surface area contributed by atoms with Crippen LogP contribution >= 0.6 is 11.8 Å². The van der Waals surface area contributed by atoms with Gasteiger partial charge in [-0.25, -0.2) is 5.10 Å². The normalized spacial score (nSPS) is 12.5. The summed E-state index contributed by atoms with van der Waals surface area (Å²) < 4.78 is 0. The first-order chi connectivity index (χ1) is 7.74. The summed E-state index contributed by atoms with van der Waals surface area (Å²) in [5.74, 6) is 0. The third-order valence-corrected chi connectivity index (χ3v) is 3.39. The van der Waals surface area contributed by atoms with Crippen molar-refractivity contribution in [2.24, 2.45) is 0 Å². The zero-order valence-electron chi connectivity index (χ0n) is 8.15. The van der Waals surface area contributed by atoms with Gasteiger partial charge in [0.2, 0.25) is 0 Å². The quantitative estimate of drug-likeness (QED) is 0.512. The molecular weight excluding hydrogens is 224 g/mol. The molecule has 0 radical (unpaired) electrons. The van der Waals surface area contributed by atoms with Crippen LogP contribution in [0.25, 0.3) is 0 Å². The fraction of sp³-hybridized carbons (Fsp3) is 0. The summed E-state index contributed by atoms with van der Waals surface area (Å²) in [6, 6.07) is 5.53. The number of nitrogens with zero attached hydrogens (tertiary/aromatic N) is 1. The molecule has 0 bridgehead atoms. The van der Waals surface area contributed by atoms with Gasteiger partial charge in [0.25, 0.3) is 5.56 Å². The van der Waals surface area contributed by atoms with Gasteiger partial charge in [-0.15, -0.1) is 0 Å². The summed E-state index contributed by atoms with van der Waals surface area (Å²) in [4.78, 5) is 13.3. The minimum Gasteiger partial charge on any atom is -0.399 e. The number of rotatable bonds is 0. The van der Waals surface area contributed by atoms with Crippen molar-refractivity contribution in [3.8, 4) is 0 Å². The molecule has 0 amide bonds. The summed E-state index contributed by atoms with van der Waals surface area (Å²) in [5.41, 5.74) is 7.63. The third kappa shape index (κ3) is 1.35. The minimum atomic E-state index is -0.215. The lowest BCUT2D eigenvalue weighted by atomic mass is 10.2. The van der Waals surface area contributed by atoms with Crippen molar-refractivity contribution in [3.05, 3.63) is 34.7 Å². The van der Waals surface area contributed by atoms with E-state index in [1.165, 1.54) is 11.8 Å². The van der Waals surface area contributed by atoms with Crippen molar-refractivity contribution in [1.82, 2.24) is 10.2 Å². The molecule has 0 spiro atoms. The van der Waals surface area contributed by atoms with E-state index in [1.807, 2.05) is 12.1 Å². The summed E-state index contributed by atoms with van der Waals surface area (Å²) in [5, 5.41) is 9.23. The van der Waals surface area contributed by atoms with E-state index in [0.29, 0.717) is 11.4 Å². The molecule has 2 aromatic rings. The van der Waals surface area contributed by atoms with Crippen LogP contribution in [0.15, 0.2) is 39.0 Å². The second-order valence-corrected chi connectivity index (χ2v) is 4.50. The number of aromatic amines is 1. The van der Waals surface area contributed by atoms with E-state index >= 15 is 0 Å². The Morgan fingerprint density at radius 2 is 2.19 bits per heavy atom. The fourth-order valence-electron chi connectivity index (χ4n) is 1.56. The van der Waals surface area contributed by atoms with Crippen LogP contribution in [-0.2, 0) is 0 Å². The lowest BCUT2D eigenvalue weighted by Gasteiger charge is -2.19. The Balaban J connectivity index is 2.17. The summed E-state index contributed by atoms with van der Waals surface area (Å²) in [6.45, 7) is 0. The number of aromatic nitrogens is 2. The van der Waals surface area contributed by atoms with Crippen LogP contribution in [0.2, 0.25) is 0 Å². The molecule has 80 valence electrons. The fourth-order valence-corrected chi connectivity index (χ4v) is 2.57. The van der Waals surface area contributed by atoms with Gasteiger partial charge in [-0.2, -0.15) is 5.10 Å². The zero-order chi connectivity index (χ0) is 11.1. The molecule has 0 saturated carbocycles. The predicted molar refractivity (Wildman–Crippen MR) is 63.1 cm³/mol. The van der Waals surface area contributed by atoms with E-state index in [4.69, 9.17) is 5.73 Å². The Kier molecular flexibility index (Phi) is 1.90. The maximum absolute atomic E-state index is 11.5. The van der Waals surface area contributed by atoms with E-state index < -0.39 is 0 Å². The molecule has 16 heavy (non-hydrogen) atoms. The number of H-pyrrole nitrogens is 1. The molecule has 0 aliphatic carbocycles. The number of anilines is 3. The van der Waals surface area contributed by atoms with Crippen LogP contribution in [0.3, 0.4) is 0 Å². The molecule has 0 fully saturated rings. The molecule has 0 atom stereocenters. The van der Waals surface area contributed by atoms with Crippen LogP contribution in [0, 0.1) is 0 Å². The van der Waals surface area contributed by atoms with E-state index in [1.54, 1.807) is 12.3 Å². The molecule has 1 aliphatic heterocycles. The van der Waals surface area contributed by atoms with Crippen molar-refractivity contribution in [2.45, 2.75) is 9.79 Å². The first-order valence-electron chi connectivity index (χ1n) is 4.66. The van der Waals surface area contributed by atoms with E-state index in [-0.39, 0.29) is 5.56 Å². The lowest BCUT2D eigenvalue weighted by molar-refractivity contribution is 0.957. The molecule has 0 unspecified atom stereocenters. The molecular formula is C10H8N4OS. The van der Waals surface area contributed by atoms with Crippen LogP contribution in [-0.4, -0.2) is 10.2 Å². The number of nitrogen functional groups attached to an aromatic ring is 1. The van der Waals surface area contributed by atoms with Gasteiger partial charge in [-0.05, 0) is 18.2 Å². The van der Waals surface area contributed by atoms with E-state index in [2.05, 4.69) is 15.5 Å². The second kappa shape index (κ2) is 3.28. The molecule has 1 aromatic carbocycles. The molecule has 6 heteroatoms. The van der Waals surface area contributed by atoms with Crippen molar-refractivity contribution < 1.29 is 0 Å². The highest BCUT2D eigenvalue weighted by atomic mass is 32.2. The molecule has 1 aromatic heterocycles. The Labute approximate surface area is 95.1 Å². The van der Waals surface area contributed by atoms with E-state index in [0.717, 1.165) is 15.5 Å². The number of benzene rings is 1. The van der Waals surface area contributed by atoms with Gasteiger partial charge < -0.3 is 11.1 Å². The van der Waals surface area contributed by atoms with E-state index in [9.17, 15) is 4.79 Å². The summed E-state index contributed by atoms with van der Waals surface area (Å²) >= 11 is 1.49. The Hall–Kier alpha value is -1.95. The second-order valence-electron chi connectivity index (χ2n) is 3.42. The first kappa shape index (κ1) is 9.29. The summed E-state index contributed by atoms with van der Waals surface area (Å²) in [6.07, 6.45) is 1.63. The number of nitrogens with one attached hydrogen (secondary N) is 2. The van der Waals surface area contributed by atoms with Crippen molar-refractivity contribution in [2.75, 3.05) is 11.1 Å². The topological polar surface area (TPSA) is 83.8 Å². The van der Waals surface area contributed by atoms with Gasteiger partial charge in [-0.3, -0.25) is 4.79 Å². The van der Waals surface area contributed by atoms with Gasteiger partial charge in [0.05, 0.1) is 16.8 Å². The molecule has 0 saturated heterocycles. The smallest absolute Gasteiger partial charge is 0.289 e. The molecule has 1 aliphatic rings. The number of hydrogen-bond acceptors (Lipinski definition) is 5. The van der Waals surface area contributed by atoms with Gasteiger partial charge in [0, 0.05) is 10.6 Å². The SMILES string of the molecule is Nc1ccc2c(c1)Sc1cn[nH]c(=O)c1N2. The molecule has 5 nitrogen and oxygen atoms in total. The average Bonchev–Trinajstić information content (AvgIpc) is 2.27. The highest BCUT2D eigenvalue weighted by Gasteiger charge is 2.18. The minimum absolute atomic E-state index is 0.215. The van der Waals surface area contributed by atoms with Crippen molar-refractivity contribution in [3.63, 3.8) is 0 Å². The molecule has 4 N–H and O–H groups in total. The van der Waals surface area contributed by atoms with Crippen LogP contribution in [0.4, 0.5) is 17.1 Å². The summed E-state index contributed by atoms with van der Waals surface area (Å²) in [7, 11) is 0. The standard InChI is InChI=1S/C10H8N4OS/c11-5-1-2-6-7(3-5)16-8-4-12-14-10(15)9(8)13-6/h1-4,13H,11H2,(H,14,15). The average molecular weight is 232 g/mol. The number of nitrogens with two attached hydrogens (primary N) is 1. The zero-order valence-corrected chi connectivity index (χ0v) is 8.97. The van der Waals surface area contributed by atoms with Crippen LogP contribution in [0.1, 0.15) is 0 Å². The Morgan fingerprint density at radius 3 is 3.06 bits per heavy atom. The van der Waals surface area contributed by atoms with Gasteiger partial charge in [0.1, 0.15) is 5.69 Å². The first-order valence-corrected chi connectivity index (χ1v) is 5.48. The Morgan fingerprint density at radius 1 is 1.31 bits per heavy atom. The lowest BCUT2D eigenvalue weighted by Crippen LogP contribution is -2.16. The highest BCUT2D eigenvalue weighted by Crippen LogP contribution is 2.42. The van der Waals surface area contributed by atoms with Gasteiger partial charge >= 0.3 is 0 Å². The molecule has 3 rings (SSSR count). The maximum atomic E-state index is 11.5. The largest absolute Gasteiger partial charge is 0.399 e. The van der Waals surface area contributed by atoms with Gasteiger partial charge in [-0.1, -0.05) is 11.8 Å². The van der Waals surface area contributed by atoms with Crippen LogP contribution < -0.4 is 16.6 Å².